The number of nitrogens with zero attached hydrogens (tertiary/aromatic N) is 1. The monoisotopic (exact) mass is 447 g/mol. The molecule has 5 N–H and O–H groups in total. The Hall–Kier alpha value is -2.19. The highest BCUT2D eigenvalue weighted by Crippen LogP contribution is 2.46. The fraction of sp³-hybridized carbons (Fsp3) is 0.435. The van der Waals surface area contributed by atoms with E-state index in [1.165, 1.54) is 6.07 Å². The molecule has 31 heavy (non-hydrogen) atoms. The van der Waals surface area contributed by atoms with E-state index in [1.54, 1.807) is 25.3 Å². The molecular weight excluding hydrogens is 421 g/mol. The number of hydrogen-bond acceptors (Lipinski definition) is 6. The third-order valence-electron chi connectivity index (χ3n) is 6.32. The third-order valence-corrected chi connectivity index (χ3v) is 6.64. The first-order valence-electron chi connectivity index (χ1n) is 10.4. The van der Waals surface area contributed by atoms with Crippen LogP contribution in [0, 0.1) is 17.7 Å². The average Bonchev–Trinajstić information content (AvgIpc) is 3.21. The number of aliphatic hydroxyl groups is 2. The third kappa shape index (κ3) is 3.91. The standard InChI is InChI=1S/C23H27ClFN3O3/c1-3-28-21-13(8-16(24)20(21)11(2)26)14-9-19(23(30)22(14)29)31-18-5-4-17(25)12-6-7-27-10-15(12)18/h3-5,8,13-14,19,22-23,27,29-30H,2,6-7,9-10,26H2,1H3/b28-3-/t13?,14?,19?,22-,23+/m0/s1. The highest BCUT2D eigenvalue weighted by atomic mass is 35.5. The summed E-state index contributed by atoms with van der Waals surface area (Å²) in [6.45, 7) is 6.77. The highest BCUT2D eigenvalue weighted by Gasteiger charge is 2.48. The number of allylic oxidation sites excluding steroid dienone is 2. The van der Waals surface area contributed by atoms with Gasteiger partial charge in [0.15, 0.2) is 0 Å². The Morgan fingerprint density at radius 3 is 2.84 bits per heavy atom. The highest BCUT2D eigenvalue weighted by molar-refractivity contribution is 6.33. The summed E-state index contributed by atoms with van der Waals surface area (Å²) in [5, 5.41) is 25.3. The Bertz CT molecular complexity index is 991. The van der Waals surface area contributed by atoms with Gasteiger partial charge in [-0.3, -0.25) is 4.99 Å². The molecule has 0 amide bonds. The van der Waals surface area contributed by atoms with Gasteiger partial charge in [-0.05, 0) is 44.0 Å². The molecule has 0 saturated heterocycles. The Kier molecular flexibility index (Phi) is 6.21. The summed E-state index contributed by atoms with van der Waals surface area (Å²) in [5.41, 5.74) is 8.81. The molecule has 1 fully saturated rings. The minimum Gasteiger partial charge on any atom is -0.487 e. The van der Waals surface area contributed by atoms with Crippen LogP contribution < -0.4 is 15.8 Å². The topological polar surface area (TPSA) is 100 Å². The summed E-state index contributed by atoms with van der Waals surface area (Å²) < 4.78 is 20.3. The summed E-state index contributed by atoms with van der Waals surface area (Å²) >= 11 is 6.39. The minimum absolute atomic E-state index is 0.249. The van der Waals surface area contributed by atoms with E-state index in [0.717, 1.165) is 5.56 Å². The number of halogens is 2. The van der Waals surface area contributed by atoms with Crippen molar-refractivity contribution < 1.29 is 19.3 Å². The van der Waals surface area contributed by atoms with E-state index in [4.69, 9.17) is 22.1 Å². The van der Waals surface area contributed by atoms with Gasteiger partial charge in [-0.1, -0.05) is 24.3 Å². The van der Waals surface area contributed by atoms with E-state index in [9.17, 15) is 14.6 Å². The van der Waals surface area contributed by atoms with Crippen LogP contribution in [0.25, 0.3) is 0 Å². The number of benzene rings is 1. The molecule has 2 aliphatic carbocycles. The SMILES string of the molecule is C=C(N)C1=C(/N=C\C)C(C2CC(Oc3ccc(F)c4c3CNCC4)[C@@H](O)[C@H]2O)C=C1Cl. The van der Waals surface area contributed by atoms with Crippen LogP contribution in [-0.2, 0) is 13.0 Å². The average molecular weight is 448 g/mol. The number of fused-ring (bicyclic) bond motifs is 1. The van der Waals surface area contributed by atoms with Crippen LogP contribution in [0.1, 0.15) is 24.5 Å². The second kappa shape index (κ2) is 8.74. The van der Waals surface area contributed by atoms with Crippen LogP contribution in [-0.4, -0.2) is 41.3 Å². The van der Waals surface area contributed by atoms with Gasteiger partial charge >= 0.3 is 0 Å². The Morgan fingerprint density at radius 1 is 1.35 bits per heavy atom. The normalized spacial score (nSPS) is 30.6. The molecule has 6 nitrogen and oxygen atoms in total. The molecule has 166 valence electrons. The molecule has 3 aliphatic rings. The number of nitrogens with one attached hydrogen (secondary N) is 1. The molecule has 1 heterocycles. The van der Waals surface area contributed by atoms with E-state index in [2.05, 4.69) is 16.9 Å². The Balaban J connectivity index is 1.60. The lowest BCUT2D eigenvalue weighted by Gasteiger charge is -2.24. The van der Waals surface area contributed by atoms with Gasteiger partial charge in [-0.2, -0.15) is 0 Å². The lowest BCUT2D eigenvalue weighted by Crippen LogP contribution is -2.35. The predicted molar refractivity (Wildman–Crippen MR) is 118 cm³/mol. The van der Waals surface area contributed by atoms with Crippen molar-refractivity contribution in [2.45, 2.75) is 44.6 Å². The van der Waals surface area contributed by atoms with Gasteiger partial charge < -0.3 is 26.0 Å². The molecular formula is C23H27ClFN3O3. The molecule has 1 aromatic rings. The maximum absolute atomic E-state index is 14.2. The van der Waals surface area contributed by atoms with Crippen LogP contribution in [0.2, 0.25) is 0 Å². The molecule has 1 aliphatic heterocycles. The second-order valence-corrected chi connectivity index (χ2v) is 8.59. The molecule has 4 rings (SSSR count). The van der Waals surface area contributed by atoms with Crippen LogP contribution in [0.5, 0.6) is 5.75 Å². The fourth-order valence-corrected chi connectivity index (χ4v) is 5.20. The zero-order valence-corrected chi connectivity index (χ0v) is 18.1. The van der Waals surface area contributed by atoms with Crippen molar-refractivity contribution in [1.82, 2.24) is 5.32 Å². The first-order chi connectivity index (χ1) is 14.8. The molecule has 1 saturated carbocycles. The van der Waals surface area contributed by atoms with Crippen LogP contribution >= 0.6 is 11.6 Å². The zero-order valence-electron chi connectivity index (χ0n) is 17.3. The summed E-state index contributed by atoms with van der Waals surface area (Å²) in [5.74, 6) is -0.431. The van der Waals surface area contributed by atoms with Gasteiger partial charge in [0, 0.05) is 46.5 Å². The number of aliphatic imine (C=N–C) groups is 1. The molecule has 0 radical (unpaired) electrons. The smallest absolute Gasteiger partial charge is 0.127 e. The molecule has 1 aromatic carbocycles. The van der Waals surface area contributed by atoms with Crippen molar-refractivity contribution in [2.24, 2.45) is 22.6 Å². The minimum atomic E-state index is -1.11. The second-order valence-electron chi connectivity index (χ2n) is 8.18. The largest absolute Gasteiger partial charge is 0.487 e. The van der Waals surface area contributed by atoms with Crippen molar-refractivity contribution >= 4 is 17.8 Å². The lowest BCUT2D eigenvalue weighted by atomic mass is 9.87. The number of aliphatic hydroxyl groups excluding tert-OH is 2. The van der Waals surface area contributed by atoms with Crippen molar-refractivity contribution in [1.29, 1.82) is 0 Å². The van der Waals surface area contributed by atoms with Gasteiger partial charge in [0.2, 0.25) is 0 Å². The quantitative estimate of drug-likeness (QED) is 0.520. The molecule has 0 bridgehead atoms. The fourth-order valence-electron chi connectivity index (χ4n) is 4.85. The summed E-state index contributed by atoms with van der Waals surface area (Å²) in [6, 6.07) is 2.98. The van der Waals surface area contributed by atoms with E-state index in [-0.39, 0.29) is 17.7 Å². The number of nitrogens with two attached hydrogens (primary N) is 1. The molecule has 5 atom stereocenters. The van der Waals surface area contributed by atoms with Gasteiger partial charge in [0.25, 0.3) is 0 Å². The van der Waals surface area contributed by atoms with Gasteiger partial charge in [0.1, 0.15) is 23.8 Å². The first-order valence-corrected chi connectivity index (χ1v) is 10.8. The molecule has 0 aromatic heterocycles. The summed E-state index contributed by atoms with van der Waals surface area (Å²) in [6.07, 6.45) is 1.59. The molecule has 0 spiro atoms. The van der Waals surface area contributed by atoms with Crippen molar-refractivity contribution in [2.75, 3.05) is 6.54 Å². The van der Waals surface area contributed by atoms with Gasteiger partial charge in [0.05, 0.1) is 11.8 Å². The van der Waals surface area contributed by atoms with Crippen molar-refractivity contribution in [3.05, 3.63) is 63.7 Å². The Morgan fingerprint density at radius 2 is 2.13 bits per heavy atom. The predicted octanol–water partition coefficient (Wildman–Crippen LogP) is 2.53. The van der Waals surface area contributed by atoms with E-state index in [0.29, 0.717) is 59.2 Å². The first kappa shape index (κ1) is 22.0. The van der Waals surface area contributed by atoms with E-state index in [1.807, 2.05) is 0 Å². The summed E-state index contributed by atoms with van der Waals surface area (Å²) in [4.78, 5) is 4.43. The number of hydrogen-bond donors (Lipinski definition) is 4. The van der Waals surface area contributed by atoms with Crippen LogP contribution in [0.3, 0.4) is 0 Å². The lowest BCUT2D eigenvalue weighted by molar-refractivity contribution is -0.0209. The van der Waals surface area contributed by atoms with Crippen molar-refractivity contribution in [3.8, 4) is 5.75 Å². The van der Waals surface area contributed by atoms with Crippen LogP contribution in [0.15, 0.2) is 51.8 Å². The zero-order chi connectivity index (χ0) is 22.3. The maximum atomic E-state index is 14.2. The van der Waals surface area contributed by atoms with Crippen molar-refractivity contribution in [3.63, 3.8) is 0 Å². The summed E-state index contributed by atoms with van der Waals surface area (Å²) in [7, 11) is 0. The number of rotatable bonds is 5. The maximum Gasteiger partial charge on any atom is 0.127 e. The Labute approximate surface area is 186 Å². The van der Waals surface area contributed by atoms with E-state index >= 15 is 0 Å². The number of ether oxygens (including phenoxy) is 1. The van der Waals surface area contributed by atoms with Gasteiger partial charge in [-0.25, -0.2) is 4.39 Å². The van der Waals surface area contributed by atoms with E-state index < -0.39 is 18.3 Å². The van der Waals surface area contributed by atoms with Crippen LogP contribution in [0.4, 0.5) is 4.39 Å². The molecule has 3 unspecified atom stereocenters. The van der Waals surface area contributed by atoms with Gasteiger partial charge in [-0.15, -0.1) is 0 Å². The molecule has 8 heteroatoms.